The van der Waals surface area contributed by atoms with Gasteiger partial charge in [-0.25, -0.2) is 4.79 Å². The third-order valence-electron chi connectivity index (χ3n) is 3.66. The third-order valence-corrected chi connectivity index (χ3v) is 3.66. The van der Waals surface area contributed by atoms with E-state index in [0.717, 1.165) is 17.7 Å². The summed E-state index contributed by atoms with van der Waals surface area (Å²) in [5.74, 6) is -0.502. The summed E-state index contributed by atoms with van der Waals surface area (Å²) in [7, 11) is 0. The van der Waals surface area contributed by atoms with Crippen molar-refractivity contribution in [2.24, 2.45) is 0 Å². The first-order chi connectivity index (χ1) is 12.0. The maximum atomic E-state index is 12.1. The molecule has 5 heteroatoms. The Kier molecular flexibility index (Phi) is 6.57. The van der Waals surface area contributed by atoms with Gasteiger partial charge >= 0.3 is 5.97 Å². The highest BCUT2D eigenvalue weighted by molar-refractivity contribution is 5.95. The Hall–Kier alpha value is -2.82. The zero-order valence-electron chi connectivity index (χ0n) is 14.9. The number of rotatable bonds is 7. The maximum absolute atomic E-state index is 12.1. The van der Waals surface area contributed by atoms with Crippen molar-refractivity contribution in [3.63, 3.8) is 0 Å². The quantitative estimate of drug-likeness (QED) is 0.750. The van der Waals surface area contributed by atoms with E-state index >= 15 is 0 Å². The van der Waals surface area contributed by atoms with Crippen LogP contribution in [0.4, 0.5) is 11.4 Å². The summed E-state index contributed by atoms with van der Waals surface area (Å²) in [4.78, 5) is 23.8. The van der Waals surface area contributed by atoms with E-state index in [9.17, 15) is 9.59 Å². The molecule has 2 rings (SSSR count). The topological polar surface area (TPSA) is 67.4 Å². The van der Waals surface area contributed by atoms with E-state index in [0.29, 0.717) is 17.9 Å². The summed E-state index contributed by atoms with van der Waals surface area (Å²) in [6.07, 6.45) is 0.785. The SMILES string of the molecule is CCCOC(=O)c1ccc(NC(=O)CNc2ccc(C)cc2C)cc1. The van der Waals surface area contributed by atoms with Crippen molar-refractivity contribution in [3.05, 3.63) is 59.2 Å². The van der Waals surface area contributed by atoms with E-state index in [1.807, 2.05) is 32.9 Å². The van der Waals surface area contributed by atoms with E-state index in [1.54, 1.807) is 24.3 Å². The van der Waals surface area contributed by atoms with E-state index in [2.05, 4.69) is 16.7 Å². The fraction of sp³-hybridized carbons (Fsp3) is 0.300. The van der Waals surface area contributed by atoms with Gasteiger partial charge in [-0.05, 0) is 56.2 Å². The first kappa shape index (κ1) is 18.5. The van der Waals surface area contributed by atoms with Crippen molar-refractivity contribution in [2.75, 3.05) is 23.8 Å². The summed E-state index contributed by atoms with van der Waals surface area (Å²) in [5, 5.41) is 5.93. The molecule has 25 heavy (non-hydrogen) atoms. The maximum Gasteiger partial charge on any atom is 0.338 e. The van der Waals surface area contributed by atoms with Gasteiger partial charge in [-0.2, -0.15) is 0 Å². The van der Waals surface area contributed by atoms with Gasteiger partial charge in [-0.3, -0.25) is 4.79 Å². The number of benzene rings is 2. The molecule has 0 spiro atoms. The van der Waals surface area contributed by atoms with Crippen LogP contribution in [0.5, 0.6) is 0 Å². The monoisotopic (exact) mass is 340 g/mol. The Morgan fingerprint density at radius 2 is 1.76 bits per heavy atom. The first-order valence-electron chi connectivity index (χ1n) is 8.37. The van der Waals surface area contributed by atoms with Crippen molar-refractivity contribution in [3.8, 4) is 0 Å². The Labute approximate surface area is 148 Å². The second-order valence-electron chi connectivity index (χ2n) is 5.93. The summed E-state index contributed by atoms with van der Waals surface area (Å²) in [6.45, 7) is 6.55. The predicted octanol–water partition coefficient (Wildman–Crippen LogP) is 3.92. The summed E-state index contributed by atoms with van der Waals surface area (Å²) in [6, 6.07) is 12.7. The molecule has 5 nitrogen and oxygen atoms in total. The first-order valence-corrected chi connectivity index (χ1v) is 8.37. The molecule has 1 amide bonds. The van der Waals surface area contributed by atoms with Crippen LogP contribution in [0.25, 0.3) is 0 Å². The summed E-state index contributed by atoms with van der Waals surface area (Å²) >= 11 is 0. The Bertz CT molecular complexity index is 739. The minimum atomic E-state index is -0.351. The van der Waals surface area contributed by atoms with E-state index in [4.69, 9.17) is 4.74 Å². The van der Waals surface area contributed by atoms with Gasteiger partial charge in [0, 0.05) is 11.4 Å². The van der Waals surface area contributed by atoms with Crippen LogP contribution in [0.3, 0.4) is 0 Å². The van der Waals surface area contributed by atoms with Gasteiger partial charge in [0.15, 0.2) is 0 Å². The number of aryl methyl sites for hydroxylation is 2. The van der Waals surface area contributed by atoms with Crippen LogP contribution >= 0.6 is 0 Å². The minimum Gasteiger partial charge on any atom is -0.462 e. The molecule has 2 N–H and O–H groups in total. The fourth-order valence-corrected chi connectivity index (χ4v) is 2.36. The molecule has 0 aliphatic carbocycles. The molecule has 2 aromatic carbocycles. The van der Waals surface area contributed by atoms with Crippen molar-refractivity contribution < 1.29 is 14.3 Å². The van der Waals surface area contributed by atoms with E-state index in [-0.39, 0.29) is 18.4 Å². The van der Waals surface area contributed by atoms with Gasteiger partial charge in [-0.15, -0.1) is 0 Å². The lowest BCUT2D eigenvalue weighted by Gasteiger charge is -2.11. The molecule has 0 radical (unpaired) electrons. The molecule has 0 heterocycles. The van der Waals surface area contributed by atoms with Gasteiger partial charge in [0.25, 0.3) is 0 Å². The Balaban J connectivity index is 1.87. The third kappa shape index (κ3) is 5.64. The molecule has 132 valence electrons. The predicted molar refractivity (Wildman–Crippen MR) is 100 cm³/mol. The highest BCUT2D eigenvalue weighted by Gasteiger charge is 2.08. The second-order valence-corrected chi connectivity index (χ2v) is 5.93. The molecule has 0 aliphatic heterocycles. The molecule has 0 unspecified atom stereocenters. The summed E-state index contributed by atoms with van der Waals surface area (Å²) < 4.78 is 5.07. The average Bonchev–Trinajstić information content (AvgIpc) is 2.59. The fourth-order valence-electron chi connectivity index (χ4n) is 2.36. The molecular weight excluding hydrogens is 316 g/mol. The van der Waals surface area contributed by atoms with Gasteiger partial charge in [0.1, 0.15) is 0 Å². The van der Waals surface area contributed by atoms with Crippen molar-refractivity contribution in [1.82, 2.24) is 0 Å². The lowest BCUT2D eigenvalue weighted by Crippen LogP contribution is -2.22. The highest BCUT2D eigenvalue weighted by Crippen LogP contribution is 2.16. The largest absolute Gasteiger partial charge is 0.462 e. The molecule has 0 bridgehead atoms. The van der Waals surface area contributed by atoms with Crippen molar-refractivity contribution in [1.29, 1.82) is 0 Å². The number of nitrogens with one attached hydrogen (secondary N) is 2. The number of amides is 1. The highest BCUT2D eigenvalue weighted by atomic mass is 16.5. The molecular formula is C20H24N2O3. The van der Waals surface area contributed by atoms with Crippen LogP contribution in [0.2, 0.25) is 0 Å². The van der Waals surface area contributed by atoms with E-state index < -0.39 is 0 Å². The van der Waals surface area contributed by atoms with Gasteiger partial charge in [0.2, 0.25) is 5.91 Å². The molecule has 0 aliphatic rings. The number of ether oxygens (including phenoxy) is 1. The number of hydrogen-bond acceptors (Lipinski definition) is 4. The zero-order chi connectivity index (χ0) is 18.2. The number of carbonyl (C=O) groups excluding carboxylic acids is 2. The van der Waals surface area contributed by atoms with Crippen LogP contribution in [-0.4, -0.2) is 25.0 Å². The molecule has 0 saturated heterocycles. The standard InChI is InChI=1S/C20H24N2O3/c1-4-11-25-20(24)16-6-8-17(9-7-16)22-19(23)13-21-18-10-5-14(2)12-15(18)3/h5-10,12,21H,4,11,13H2,1-3H3,(H,22,23). The normalized spacial score (nSPS) is 10.2. The van der Waals surface area contributed by atoms with Gasteiger partial charge in [0.05, 0.1) is 18.7 Å². The Morgan fingerprint density at radius 3 is 2.40 bits per heavy atom. The molecule has 2 aromatic rings. The van der Waals surface area contributed by atoms with Crippen LogP contribution in [-0.2, 0) is 9.53 Å². The Morgan fingerprint density at radius 1 is 1.04 bits per heavy atom. The number of carbonyl (C=O) groups is 2. The molecule has 0 saturated carbocycles. The number of hydrogen-bond donors (Lipinski definition) is 2. The zero-order valence-corrected chi connectivity index (χ0v) is 14.9. The molecule has 0 aromatic heterocycles. The smallest absolute Gasteiger partial charge is 0.338 e. The minimum absolute atomic E-state index is 0.152. The van der Waals surface area contributed by atoms with Crippen LogP contribution in [0, 0.1) is 13.8 Å². The average molecular weight is 340 g/mol. The lowest BCUT2D eigenvalue weighted by atomic mass is 10.1. The van der Waals surface area contributed by atoms with Crippen LogP contribution in [0.1, 0.15) is 34.8 Å². The summed E-state index contributed by atoms with van der Waals surface area (Å²) in [5.41, 5.74) is 4.34. The molecule has 0 atom stereocenters. The van der Waals surface area contributed by atoms with Gasteiger partial charge < -0.3 is 15.4 Å². The number of esters is 1. The van der Waals surface area contributed by atoms with Crippen LogP contribution < -0.4 is 10.6 Å². The van der Waals surface area contributed by atoms with Crippen LogP contribution in [0.15, 0.2) is 42.5 Å². The van der Waals surface area contributed by atoms with Crippen molar-refractivity contribution >= 4 is 23.3 Å². The lowest BCUT2D eigenvalue weighted by molar-refractivity contribution is -0.114. The van der Waals surface area contributed by atoms with Gasteiger partial charge in [-0.1, -0.05) is 24.6 Å². The van der Waals surface area contributed by atoms with Crippen molar-refractivity contribution in [2.45, 2.75) is 27.2 Å². The molecule has 0 fully saturated rings. The van der Waals surface area contributed by atoms with E-state index in [1.165, 1.54) is 5.56 Å². The second kappa shape index (κ2) is 8.87. The number of anilines is 2.